The lowest BCUT2D eigenvalue weighted by Gasteiger charge is -2.12. The zero-order valence-electron chi connectivity index (χ0n) is 11.8. The van der Waals surface area contributed by atoms with Crippen LogP contribution in [0.3, 0.4) is 0 Å². The van der Waals surface area contributed by atoms with Gasteiger partial charge in [-0.25, -0.2) is 12.7 Å². The van der Waals surface area contributed by atoms with Crippen molar-refractivity contribution in [3.63, 3.8) is 0 Å². The third-order valence-electron chi connectivity index (χ3n) is 3.21. The second-order valence-electron chi connectivity index (χ2n) is 4.89. The Morgan fingerprint density at radius 3 is 2.15 bits per heavy atom. The highest BCUT2D eigenvalue weighted by Gasteiger charge is 2.16. The summed E-state index contributed by atoms with van der Waals surface area (Å²) >= 11 is 0. The first-order valence-corrected chi connectivity index (χ1v) is 7.65. The quantitative estimate of drug-likeness (QED) is 0.883. The van der Waals surface area contributed by atoms with Crippen LogP contribution in [0.25, 0.3) is 11.1 Å². The van der Waals surface area contributed by atoms with Crippen molar-refractivity contribution in [2.45, 2.75) is 11.8 Å². The summed E-state index contributed by atoms with van der Waals surface area (Å²) in [6.07, 6.45) is 0. The van der Waals surface area contributed by atoms with Gasteiger partial charge in [-0.3, -0.25) is 0 Å². The van der Waals surface area contributed by atoms with Gasteiger partial charge in [0.25, 0.3) is 0 Å². The van der Waals surface area contributed by atoms with Crippen LogP contribution in [0.4, 0.5) is 5.69 Å². The number of nitrogen functional groups attached to an aromatic ring is 1. The van der Waals surface area contributed by atoms with Gasteiger partial charge in [0, 0.05) is 19.8 Å². The van der Waals surface area contributed by atoms with Crippen molar-refractivity contribution in [3.8, 4) is 11.1 Å². The SMILES string of the molecule is Cc1ccc(N)cc1-c1ccc(S(=O)(=O)N(C)C)cc1. The normalized spacial score (nSPS) is 11.8. The summed E-state index contributed by atoms with van der Waals surface area (Å²) in [7, 11) is -0.347. The summed E-state index contributed by atoms with van der Waals surface area (Å²) in [5.41, 5.74) is 9.56. The minimum atomic E-state index is -3.39. The highest BCUT2D eigenvalue weighted by atomic mass is 32.2. The molecule has 0 saturated carbocycles. The molecule has 106 valence electrons. The third kappa shape index (κ3) is 2.69. The predicted octanol–water partition coefficient (Wildman–Crippen LogP) is 2.49. The maximum Gasteiger partial charge on any atom is 0.242 e. The lowest BCUT2D eigenvalue weighted by atomic mass is 10.0. The summed E-state index contributed by atoms with van der Waals surface area (Å²) in [6.45, 7) is 2.00. The van der Waals surface area contributed by atoms with Crippen molar-refractivity contribution < 1.29 is 8.42 Å². The summed E-state index contributed by atoms with van der Waals surface area (Å²) in [4.78, 5) is 0.285. The first-order chi connectivity index (χ1) is 9.32. The van der Waals surface area contributed by atoms with Crippen molar-refractivity contribution in [2.24, 2.45) is 0 Å². The average molecular weight is 290 g/mol. The van der Waals surface area contributed by atoms with Crippen LogP contribution >= 0.6 is 0 Å². The van der Waals surface area contributed by atoms with Crippen LogP contribution in [0.15, 0.2) is 47.4 Å². The molecule has 0 atom stereocenters. The molecule has 0 heterocycles. The molecule has 20 heavy (non-hydrogen) atoms. The van der Waals surface area contributed by atoms with E-state index in [1.165, 1.54) is 18.4 Å². The highest BCUT2D eigenvalue weighted by molar-refractivity contribution is 7.89. The van der Waals surface area contributed by atoms with Crippen molar-refractivity contribution in [2.75, 3.05) is 19.8 Å². The van der Waals surface area contributed by atoms with Crippen molar-refractivity contribution in [3.05, 3.63) is 48.0 Å². The zero-order valence-corrected chi connectivity index (χ0v) is 12.6. The molecule has 0 fully saturated rings. The van der Waals surface area contributed by atoms with Gasteiger partial charge in [0.05, 0.1) is 4.90 Å². The Kier molecular flexibility index (Phi) is 3.83. The van der Waals surface area contributed by atoms with Crippen LogP contribution in [-0.4, -0.2) is 26.8 Å². The smallest absolute Gasteiger partial charge is 0.242 e. The average Bonchev–Trinajstić information content (AvgIpc) is 2.41. The van der Waals surface area contributed by atoms with Crippen LogP contribution in [0.1, 0.15) is 5.56 Å². The molecule has 4 nitrogen and oxygen atoms in total. The molecule has 0 aliphatic carbocycles. The molecule has 2 aromatic carbocycles. The molecule has 2 rings (SSSR count). The molecular weight excluding hydrogens is 272 g/mol. The highest BCUT2D eigenvalue weighted by Crippen LogP contribution is 2.27. The Labute approximate surface area is 119 Å². The molecule has 2 aromatic rings. The van der Waals surface area contributed by atoms with E-state index in [0.29, 0.717) is 5.69 Å². The lowest BCUT2D eigenvalue weighted by Crippen LogP contribution is -2.22. The Balaban J connectivity index is 2.46. The molecule has 0 saturated heterocycles. The van der Waals surface area contributed by atoms with E-state index in [-0.39, 0.29) is 4.90 Å². The third-order valence-corrected chi connectivity index (χ3v) is 5.03. The van der Waals surface area contributed by atoms with Crippen LogP contribution < -0.4 is 5.73 Å². The largest absolute Gasteiger partial charge is 0.399 e. The minimum Gasteiger partial charge on any atom is -0.399 e. The minimum absolute atomic E-state index is 0.285. The van der Waals surface area contributed by atoms with E-state index in [1.807, 2.05) is 25.1 Å². The van der Waals surface area contributed by atoms with E-state index in [9.17, 15) is 8.42 Å². The number of benzene rings is 2. The van der Waals surface area contributed by atoms with Gasteiger partial charge in [0.15, 0.2) is 0 Å². The molecule has 0 aliphatic rings. The van der Waals surface area contributed by atoms with Gasteiger partial charge in [-0.05, 0) is 47.9 Å². The van der Waals surface area contributed by atoms with Crippen molar-refractivity contribution in [1.82, 2.24) is 4.31 Å². The Morgan fingerprint density at radius 2 is 1.60 bits per heavy atom. The standard InChI is InChI=1S/C15H18N2O2S/c1-11-4-7-13(16)10-15(11)12-5-8-14(9-6-12)20(18,19)17(2)3/h4-10H,16H2,1-3H3. The fraction of sp³-hybridized carbons (Fsp3) is 0.200. The van der Waals surface area contributed by atoms with Gasteiger partial charge < -0.3 is 5.73 Å². The van der Waals surface area contributed by atoms with E-state index in [4.69, 9.17) is 5.73 Å². The predicted molar refractivity (Wildman–Crippen MR) is 81.9 cm³/mol. The van der Waals surface area contributed by atoms with Gasteiger partial charge >= 0.3 is 0 Å². The van der Waals surface area contributed by atoms with Crippen LogP contribution in [0, 0.1) is 6.92 Å². The molecule has 2 N–H and O–H groups in total. The van der Waals surface area contributed by atoms with Gasteiger partial charge in [0.2, 0.25) is 10.0 Å². The maximum atomic E-state index is 12.0. The van der Waals surface area contributed by atoms with E-state index in [1.54, 1.807) is 24.3 Å². The van der Waals surface area contributed by atoms with Gasteiger partial charge in [0.1, 0.15) is 0 Å². The molecule has 0 amide bonds. The van der Waals surface area contributed by atoms with Crippen LogP contribution in [-0.2, 0) is 10.0 Å². The monoisotopic (exact) mass is 290 g/mol. The first kappa shape index (κ1) is 14.6. The van der Waals surface area contributed by atoms with Crippen molar-refractivity contribution >= 4 is 15.7 Å². The van der Waals surface area contributed by atoms with Crippen LogP contribution in [0.5, 0.6) is 0 Å². The second-order valence-corrected chi connectivity index (χ2v) is 7.04. The Bertz CT molecular complexity index is 720. The molecule has 0 unspecified atom stereocenters. The summed E-state index contributed by atoms with van der Waals surface area (Å²) in [5.74, 6) is 0. The van der Waals surface area contributed by atoms with Crippen molar-refractivity contribution in [1.29, 1.82) is 0 Å². The maximum absolute atomic E-state index is 12.0. The Morgan fingerprint density at radius 1 is 1.00 bits per heavy atom. The fourth-order valence-electron chi connectivity index (χ4n) is 1.97. The number of aryl methyl sites for hydroxylation is 1. The molecule has 0 aromatic heterocycles. The summed E-state index contributed by atoms with van der Waals surface area (Å²) in [6, 6.07) is 12.5. The second kappa shape index (κ2) is 5.26. The number of anilines is 1. The number of hydrogen-bond donors (Lipinski definition) is 1. The van der Waals surface area contributed by atoms with E-state index < -0.39 is 10.0 Å². The molecule has 0 radical (unpaired) electrons. The Hall–Kier alpha value is -1.85. The molecule has 5 heteroatoms. The number of hydrogen-bond acceptors (Lipinski definition) is 3. The zero-order chi connectivity index (χ0) is 14.9. The lowest BCUT2D eigenvalue weighted by molar-refractivity contribution is 0.521. The van der Waals surface area contributed by atoms with E-state index >= 15 is 0 Å². The number of sulfonamides is 1. The van der Waals surface area contributed by atoms with E-state index in [0.717, 1.165) is 16.7 Å². The summed E-state index contributed by atoms with van der Waals surface area (Å²) in [5, 5.41) is 0. The number of nitrogens with zero attached hydrogens (tertiary/aromatic N) is 1. The number of rotatable bonds is 3. The first-order valence-electron chi connectivity index (χ1n) is 6.21. The van der Waals surface area contributed by atoms with Gasteiger partial charge in [-0.15, -0.1) is 0 Å². The summed E-state index contributed by atoms with van der Waals surface area (Å²) < 4.78 is 25.2. The van der Waals surface area contributed by atoms with Crippen LogP contribution in [0.2, 0.25) is 0 Å². The van der Waals surface area contributed by atoms with E-state index in [2.05, 4.69) is 0 Å². The van der Waals surface area contributed by atoms with Gasteiger partial charge in [-0.2, -0.15) is 0 Å². The molecule has 0 spiro atoms. The van der Waals surface area contributed by atoms with Gasteiger partial charge in [-0.1, -0.05) is 18.2 Å². The molecule has 0 aliphatic heterocycles. The fourth-order valence-corrected chi connectivity index (χ4v) is 2.87. The molecule has 0 bridgehead atoms. The topological polar surface area (TPSA) is 63.4 Å². The number of nitrogens with two attached hydrogens (primary N) is 1. The molecular formula is C15H18N2O2S.